The average molecular weight is 259 g/mol. The van der Waals surface area contributed by atoms with Crippen LogP contribution in [0.4, 0.5) is 5.69 Å². The SMILES string of the molecule is N#Cc1cccc(OCc2ccc(Cl)cc2N)c1. The van der Waals surface area contributed by atoms with Crippen molar-refractivity contribution in [3.8, 4) is 11.8 Å². The number of benzene rings is 2. The predicted molar refractivity (Wildman–Crippen MR) is 71.4 cm³/mol. The Morgan fingerprint density at radius 3 is 2.78 bits per heavy atom. The third-order valence-corrected chi connectivity index (χ3v) is 2.70. The van der Waals surface area contributed by atoms with Crippen LogP contribution < -0.4 is 10.5 Å². The van der Waals surface area contributed by atoms with Gasteiger partial charge in [-0.1, -0.05) is 23.7 Å². The third-order valence-electron chi connectivity index (χ3n) is 2.47. The van der Waals surface area contributed by atoms with Crippen LogP contribution in [0.3, 0.4) is 0 Å². The Kier molecular flexibility index (Phi) is 3.71. The number of ether oxygens (including phenoxy) is 1. The number of nitrogens with two attached hydrogens (primary N) is 1. The van der Waals surface area contributed by atoms with Crippen molar-refractivity contribution in [2.75, 3.05) is 5.73 Å². The standard InChI is InChI=1S/C14H11ClN2O/c15-12-5-4-11(14(17)7-12)9-18-13-3-1-2-10(6-13)8-16/h1-7H,9,17H2. The van der Waals surface area contributed by atoms with Gasteiger partial charge in [0.25, 0.3) is 0 Å². The van der Waals surface area contributed by atoms with Crippen LogP contribution in [0.25, 0.3) is 0 Å². The van der Waals surface area contributed by atoms with Crippen LogP contribution in [-0.4, -0.2) is 0 Å². The van der Waals surface area contributed by atoms with Crippen LogP contribution in [0.1, 0.15) is 11.1 Å². The summed E-state index contributed by atoms with van der Waals surface area (Å²) in [5.74, 6) is 0.642. The van der Waals surface area contributed by atoms with E-state index >= 15 is 0 Å². The van der Waals surface area contributed by atoms with E-state index in [0.29, 0.717) is 28.6 Å². The summed E-state index contributed by atoms with van der Waals surface area (Å²) in [6.45, 7) is 0.345. The zero-order valence-corrected chi connectivity index (χ0v) is 10.3. The van der Waals surface area contributed by atoms with E-state index in [-0.39, 0.29) is 0 Å². The van der Waals surface area contributed by atoms with Gasteiger partial charge in [0.2, 0.25) is 0 Å². The van der Waals surface area contributed by atoms with E-state index in [0.717, 1.165) is 5.56 Å². The molecule has 2 rings (SSSR count). The molecule has 0 saturated heterocycles. The molecule has 0 fully saturated rings. The highest BCUT2D eigenvalue weighted by atomic mass is 35.5. The van der Waals surface area contributed by atoms with Crippen molar-refractivity contribution in [2.24, 2.45) is 0 Å². The first-order valence-electron chi connectivity index (χ1n) is 5.36. The lowest BCUT2D eigenvalue weighted by atomic mass is 10.2. The summed E-state index contributed by atoms with van der Waals surface area (Å²) < 4.78 is 5.58. The van der Waals surface area contributed by atoms with Crippen LogP contribution in [0.5, 0.6) is 5.75 Å². The first-order chi connectivity index (χ1) is 8.69. The zero-order chi connectivity index (χ0) is 13.0. The van der Waals surface area contributed by atoms with E-state index in [1.807, 2.05) is 6.07 Å². The quantitative estimate of drug-likeness (QED) is 0.859. The van der Waals surface area contributed by atoms with Gasteiger partial charge in [0.05, 0.1) is 11.6 Å². The molecule has 0 unspecified atom stereocenters. The van der Waals surface area contributed by atoms with Gasteiger partial charge in [-0.3, -0.25) is 0 Å². The second-order valence-electron chi connectivity index (χ2n) is 3.77. The molecule has 2 aromatic rings. The molecule has 3 nitrogen and oxygen atoms in total. The van der Waals surface area contributed by atoms with Gasteiger partial charge < -0.3 is 10.5 Å². The first-order valence-corrected chi connectivity index (χ1v) is 5.73. The van der Waals surface area contributed by atoms with Crippen LogP contribution in [0.2, 0.25) is 5.02 Å². The van der Waals surface area contributed by atoms with Gasteiger partial charge in [-0.2, -0.15) is 5.26 Å². The predicted octanol–water partition coefficient (Wildman–Crippen LogP) is 3.37. The molecule has 0 heterocycles. The van der Waals surface area contributed by atoms with Crippen LogP contribution in [0.15, 0.2) is 42.5 Å². The summed E-state index contributed by atoms with van der Waals surface area (Å²) in [5.41, 5.74) is 7.85. The van der Waals surface area contributed by atoms with Crippen molar-refractivity contribution in [3.63, 3.8) is 0 Å². The van der Waals surface area contributed by atoms with Crippen LogP contribution >= 0.6 is 11.6 Å². The Balaban J connectivity index is 2.09. The Morgan fingerprint density at radius 1 is 1.22 bits per heavy atom. The Morgan fingerprint density at radius 2 is 2.06 bits per heavy atom. The molecule has 90 valence electrons. The molecule has 0 radical (unpaired) electrons. The Labute approximate surface area is 110 Å². The topological polar surface area (TPSA) is 59.0 Å². The maximum absolute atomic E-state index is 8.78. The fourth-order valence-electron chi connectivity index (χ4n) is 1.51. The molecule has 0 atom stereocenters. The third kappa shape index (κ3) is 2.93. The molecule has 0 aromatic heterocycles. The molecular weight excluding hydrogens is 248 g/mol. The number of hydrogen-bond acceptors (Lipinski definition) is 3. The largest absolute Gasteiger partial charge is 0.489 e. The Hall–Kier alpha value is -2.18. The van der Waals surface area contributed by atoms with Crippen molar-refractivity contribution < 1.29 is 4.74 Å². The minimum absolute atomic E-state index is 0.345. The molecule has 2 N–H and O–H groups in total. The van der Waals surface area contributed by atoms with E-state index in [1.54, 1.807) is 36.4 Å². The molecule has 2 aromatic carbocycles. The Bertz CT molecular complexity index is 605. The van der Waals surface area contributed by atoms with Crippen LogP contribution in [0, 0.1) is 11.3 Å². The highest BCUT2D eigenvalue weighted by Gasteiger charge is 2.02. The first kappa shape index (κ1) is 12.3. The number of nitriles is 1. The number of rotatable bonds is 3. The molecule has 4 heteroatoms. The number of nitrogen functional groups attached to an aromatic ring is 1. The number of halogens is 1. The second kappa shape index (κ2) is 5.44. The van der Waals surface area contributed by atoms with Crippen molar-refractivity contribution in [3.05, 3.63) is 58.6 Å². The van der Waals surface area contributed by atoms with E-state index in [4.69, 9.17) is 27.3 Å². The highest BCUT2D eigenvalue weighted by Crippen LogP contribution is 2.20. The van der Waals surface area contributed by atoms with E-state index in [9.17, 15) is 0 Å². The maximum Gasteiger partial charge on any atom is 0.121 e. The summed E-state index contributed by atoms with van der Waals surface area (Å²) in [6, 6.07) is 14.3. The zero-order valence-electron chi connectivity index (χ0n) is 9.56. The van der Waals surface area contributed by atoms with Gasteiger partial charge in [0.15, 0.2) is 0 Å². The fourth-order valence-corrected chi connectivity index (χ4v) is 1.69. The molecule has 0 amide bonds. The molecule has 0 aliphatic heterocycles. The van der Waals surface area contributed by atoms with E-state index < -0.39 is 0 Å². The van der Waals surface area contributed by atoms with Crippen molar-refractivity contribution in [1.29, 1.82) is 5.26 Å². The molecule has 0 aliphatic carbocycles. The molecule has 0 bridgehead atoms. The van der Waals surface area contributed by atoms with Gasteiger partial charge in [0, 0.05) is 16.3 Å². The number of nitrogens with zero attached hydrogens (tertiary/aromatic N) is 1. The number of hydrogen-bond donors (Lipinski definition) is 1. The minimum Gasteiger partial charge on any atom is -0.489 e. The second-order valence-corrected chi connectivity index (χ2v) is 4.21. The number of anilines is 1. The smallest absolute Gasteiger partial charge is 0.121 e. The van der Waals surface area contributed by atoms with Gasteiger partial charge >= 0.3 is 0 Å². The summed E-state index contributed by atoms with van der Waals surface area (Å²) in [5, 5.41) is 9.38. The normalized spacial score (nSPS) is 9.78. The van der Waals surface area contributed by atoms with Crippen molar-refractivity contribution in [1.82, 2.24) is 0 Å². The molecule has 18 heavy (non-hydrogen) atoms. The van der Waals surface area contributed by atoms with Crippen molar-refractivity contribution in [2.45, 2.75) is 6.61 Å². The fraction of sp³-hybridized carbons (Fsp3) is 0.0714. The molecule has 0 saturated carbocycles. The van der Waals surface area contributed by atoms with E-state index in [2.05, 4.69) is 6.07 Å². The molecule has 0 spiro atoms. The summed E-state index contributed by atoms with van der Waals surface area (Å²) >= 11 is 5.82. The van der Waals surface area contributed by atoms with Crippen LogP contribution in [-0.2, 0) is 6.61 Å². The lowest BCUT2D eigenvalue weighted by molar-refractivity contribution is 0.307. The monoisotopic (exact) mass is 258 g/mol. The maximum atomic E-state index is 8.78. The summed E-state index contributed by atoms with van der Waals surface area (Å²) in [6.07, 6.45) is 0. The molecule has 0 aliphatic rings. The minimum atomic E-state index is 0.345. The van der Waals surface area contributed by atoms with Gasteiger partial charge in [-0.25, -0.2) is 0 Å². The van der Waals surface area contributed by atoms with Gasteiger partial charge in [-0.15, -0.1) is 0 Å². The van der Waals surface area contributed by atoms with Gasteiger partial charge in [0.1, 0.15) is 12.4 Å². The lowest BCUT2D eigenvalue weighted by Crippen LogP contribution is -2.00. The van der Waals surface area contributed by atoms with Gasteiger partial charge in [-0.05, 0) is 30.3 Å². The lowest BCUT2D eigenvalue weighted by Gasteiger charge is -2.09. The summed E-state index contributed by atoms with van der Waals surface area (Å²) in [7, 11) is 0. The van der Waals surface area contributed by atoms with Crippen molar-refractivity contribution >= 4 is 17.3 Å². The average Bonchev–Trinajstić information content (AvgIpc) is 2.38. The summed E-state index contributed by atoms with van der Waals surface area (Å²) in [4.78, 5) is 0. The molecular formula is C14H11ClN2O. The highest BCUT2D eigenvalue weighted by molar-refractivity contribution is 6.30. The van der Waals surface area contributed by atoms with E-state index in [1.165, 1.54) is 0 Å².